The Bertz CT molecular complexity index is 2640. The Morgan fingerprint density at radius 1 is 0.255 bits per heavy atom. The number of aliphatic hydroxyl groups is 23. The normalized spacial score (nSPS) is 52.7. The van der Waals surface area contributed by atoms with E-state index in [0.717, 1.165) is 13.8 Å². The minimum Gasteiger partial charge on any atom is -0.394 e. The molecule has 0 aliphatic carbocycles. The number of carbonyl (C=O) groups excluding carboxylic acids is 2. The molecule has 2 amide bonds. The minimum absolute atomic E-state index is 0.847. The second kappa shape index (κ2) is 35.4. The van der Waals surface area contributed by atoms with Crippen molar-refractivity contribution in [3.63, 3.8) is 0 Å². The predicted molar refractivity (Wildman–Crippen MR) is 315 cm³/mol. The van der Waals surface area contributed by atoms with Gasteiger partial charge in [-0.25, -0.2) is 0 Å². The van der Waals surface area contributed by atoms with Crippen LogP contribution in [0.3, 0.4) is 0 Å². The second-order valence-corrected chi connectivity index (χ2v) is 26.6. The van der Waals surface area contributed by atoms with Crippen molar-refractivity contribution in [3.8, 4) is 0 Å². The van der Waals surface area contributed by atoms with E-state index in [0.29, 0.717) is 0 Å². The first-order valence-electron chi connectivity index (χ1n) is 33.1. The third kappa shape index (κ3) is 17.5. The van der Waals surface area contributed by atoms with Crippen LogP contribution < -0.4 is 10.6 Å². The summed E-state index contributed by atoms with van der Waals surface area (Å²) in [5.41, 5.74) is 0. The van der Waals surface area contributed by atoms with Gasteiger partial charge in [0.15, 0.2) is 56.6 Å². The molecule has 0 radical (unpaired) electrons. The summed E-state index contributed by atoms with van der Waals surface area (Å²) in [5, 5.41) is 262. The zero-order valence-electron chi connectivity index (χ0n) is 55.6. The van der Waals surface area contributed by atoms with E-state index in [-0.39, 0.29) is 0 Å². The molecule has 0 aromatic rings. The van der Waals surface area contributed by atoms with Crippen LogP contribution in [0.1, 0.15) is 41.5 Å². The van der Waals surface area contributed by atoms with Crippen LogP contribution in [0.5, 0.6) is 0 Å². The largest absolute Gasteiger partial charge is 0.394 e. The van der Waals surface area contributed by atoms with Gasteiger partial charge in [0.1, 0.15) is 195 Å². The molecule has 9 aliphatic heterocycles. The highest BCUT2D eigenvalue weighted by Crippen LogP contribution is 2.42. The van der Waals surface area contributed by atoms with Gasteiger partial charge in [-0.05, 0) is 27.7 Å². The van der Waals surface area contributed by atoms with E-state index < -0.39 is 321 Å². The van der Waals surface area contributed by atoms with Gasteiger partial charge in [-0.3, -0.25) is 9.59 Å². The molecule has 102 heavy (non-hydrogen) atoms. The number of rotatable bonds is 23. The van der Waals surface area contributed by atoms with Crippen molar-refractivity contribution in [1.29, 1.82) is 0 Å². The lowest BCUT2D eigenvalue weighted by Gasteiger charge is -2.53. The van der Waals surface area contributed by atoms with Crippen molar-refractivity contribution in [3.05, 3.63) is 0 Å². The Balaban J connectivity index is 1.16. The summed E-state index contributed by atoms with van der Waals surface area (Å²) in [6.45, 7) is 1.08. The standard InChI is InChI=1S/C58H98N2O42/c1-12-25(68)33(76)38(81)52(86-12)97-44-24(60-17(6)67)51(98-45-31(74)20(9-63)93-58(48(45)101-54-40(83)35(78)27(70)14(3)88-54)96-43-23(59-16(5)66)50(85)90-19(8-62)30(43)73)94-22(11-65)42(44)95-57-49(102-55-41(84)36(79)28(71)15(4)89-55)46(32(75)21(10-64)92-57)99-56-47(37(80)29(72)18(7-61)91-56)100-53-39(82)34(77)26(69)13(2)87-53/h12-15,18-58,61-65,68-85H,7-11H2,1-6H3,(H,59,66)(H,60,67)/t12-,13-,14-,15-,18+,19+,20+,21+,22+,23+,24+,25+,26+,27+,28+,29-,30-,31-,32-,33+,34+,35+,36+,37-,38-,39-,40-,41-,42+,43+,44+,45-,46-,47+,48+,49+,50-,51-,52-,53-,54-,55-,56+,57-,58-/m0/s1. The van der Waals surface area contributed by atoms with Crippen LogP contribution in [-0.2, 0) is 90.1 Å². The first kappa shape index (κ1) is 83.4. The van der Waals surface area contributed by atoms with E-state index in [1.54, 1.807) is 0 Å². The lowest BCUT2D eigenvalue weighted by molar-refractivity contribution is -0.419. The van der Waals surface area contributed by atoms with Gasteiger partial charge in [0.25, 0.3) is 0 Å². The summed E-state index contributed by atoms with van der Waals surface area (Å²) in [6, 6.07) is -3.89. The molecule has 44 nitrogen and oxygen atoms in total. The van der Waals surface area contributed by atoms with E-state index >= 15 is 0 Å². The molecule has 9 saturated heterocycles. The third-order valence-corrected chi connectivity index (χ3v) is 19.4. The average Bonchev–Trinajstić information content (AvgIpc) is 0.757. The van der Waals surface area contributed by atoms with Gasteiger partial charge < -0.3 is 209 Å². The quantitative estimate of drug-likeness (QED) is 0.0452. The van der Waals surface area contributed by atoms with E-state index in [1.807, 2.05) is 0 Å². The summed E-state index contributed by atoms with van der Waals surface area (Å²) in [7, 11) is 0. The van der Waals surface area contributed by atoms with Crippen LogP contribution in [0.15, 0.2) is 0 Å². The van der Waals surface area contributed by atoms with Crippen molar-refractivity contribution < 1.29 is 208 Å². The van der Waals surface area contributed by atoms with Crippen LogP contribution in [0.4, 0.5) is 0 Å². The van der Waals surface area contributed by atoms with Crippen molar-refractivity contribution in [2.75, 3.05) is 33.0 Å². The fraction of sp³-hybridized carbons (Fsp3) is 0.966. The number of ether oxygens (including phenoxy) is 17. The molecule has 9 heterocycles. The van der Waals surface area contributed by atoms with Crippen molar-refractivity contribution in [2.24, 2.45) is 0 Å². The molecule has 45 atom stereocenters. The topological polar surface area (TPSA) is 680 Å². The Hall–Kier alpha value is -2.66. The highest BCUT2D eigenvalue weighted by atomic mass is 16.8. The molecule has 0 unspecified atom stereocenters. The fourth-order valence-corrected chi connectivity index (χ4v) is 13.5. The van der Waals surface area contributed by atoms with Crippen LogP contribution >= 0.6 is 0 Å². The van der Waals surface area contributed by atoms with E-state index in [2.05, 4.69) is 10.6 Å². The molecule has 0 saturated carbocycles. The lowest BCUT2D eigenvalue weighted by Crippen LogP contribution is -2.72. The molecule has 0 aromatic carbocycles. The summed E-state index contributed by atoms with van der Waals surface area (Å²) >= 11 is 0. The van der Waals surface area contributed by atoms with Gasteiger partial charge in [0, 0.05) is 13.8 Å². The SMILES string of the molecule is CC(=O)N[C@@H]1[C@@H](O[C@@H]2O[C@H](CO)[C@H](O)[C@H](O[C@@H]3O[C@H](CO)[C@@H](O[C@@H]4O[C@H](CO)[C@H](O)[C@H](O[C@H]5O[C@H](CO)[C@H](O)[C@H](O)[C@H]5O[C@@H]5O[C@@H](C)[C@@H](O)[C@@H](O)[C@@H]5O)[C@H]4O[C@@H]4O[C@@H](C)[C@@H](O)[C@@H](O)[C@@H]4O)[C@H](O[C@@H]4O[C@@H](C)[C@@H](O)[C@@H](O)[C@@H]4O)[C@H]3NC(C)=O)[C@H]2O[C@@H]2O[C@@H](C)[C@@H](O)[C@@H](O)[C@@H]2O)[C@@H](O)[C@@H](CO)O[C@@H]1O. The number of aliphatic hydroxyl groups excluding tert-OH is 23. The van der Waals surface area contributed by atoms with Gasteiger partial charge in [0.2, 0.25) is 11.8 Å². The summed E-state index contributed by atoms with van der Waals surface area (Å²) in [4.78, 5) is 26.4. The van der Waals surface area contributed by atoms with Gasteiger partial charge in [-0.15, -0.1) is 0 Å². The van der Waals surface area contributed by atoms with Gasteiger partial charge in [-0.1, -0.05) is 0 Å². The summed E-state index contributed by atoms with van der Waals surface area (Å²) in [5.74, 6) is -1.89. The maximum atomic E-state index is 13.8. The van der Waals surface area contributed by atoms with Crippen LogP contribution in [-0.4, -0.2) is 439 Å². The van der Waals surface area contributed by atoms with Crippen LogP contribution in [0, 0.1) is 0 Å². The number of carbonyl (C=O) groups is 2. The first-order valence-corrected chi connectivity index (χ1v) is 33.1. The fourth-order valence-electron chi connectivity index (χ4n) is 13.5. The molecule has 0 bridgehead atoms. The highest BCUT2D eigenvalue weighted by molar-refractivity contribution is 5.73. The Kier molecular flexibility index (Phi) is 28.9. The molecule has 0 spiro atoms. The summed E-state index contributed by atoms with van der Waals surface area (Å²) in [6.07, 6.45) is -87.6. The van der Waals surface area contributed by atoms with Crippen molar-refractivity contribution in [2.45, 2.75) is 318 Å². The molecule has 25 N–H and O–H groups in total. The number of hydrogen-bond donors (Lipinski definition) is 25. The molecule has 9 rings (SSSR count). The zero-order chi connectivity index (χ0) is 75.1. The maximum absolute atomic E-state index is 13.8. The molecule has 44 heteroatoms. The maximum Gasteiger partial charge on any atom is 0.217 e. The van der Waals surface area contributed by atoms with Crippen LogP contribution in [0.2, 0.25) is 0 Å². The smallest absolute Gasteiger partial charge is 0.217 e. The van der Waals surface area contributed by atoms with Gasteiger partial charge >= 0.3 is 0 Å². The highest BCUT2D eigenvalue weighted by Gasteiger charge is 2.62. The molecule has 0 aromatic heterocycles. The van der Waals surface area contributed by atoms with Crippen molar-refractivity contribution >= 4 is 11.8 Å². The van der Waals surface area contributed by atoms with Crippen molar-refractivity contribution in [1.82, 2.24) is 10.6 Å². The van der Waals surface area contributed by atoms with E-state index in [1.165, 1.54) is 27.7 Å². The van der Waals surface area contributed by atoms with Crippen LogP contribution in [0.25, 0.3) is 0 Å². The lowest BCUT2D eigenvalue weighted by atomic mass is 9.93. The zero-order valence-corrected chi connectivity index (χ0v) is 55.6. The Morgan fingerprint density at radius 3 is 0.902 bits per heavy atom. The summed E-state index contributed by atoms with van der Waals surface area (Å²) < 4.78 is 104. The average molecular weight is 1500 g/mol. The monoisotopic (exact) mass is 1490 g/mol. The van der Waals surface area contributed by atoms with Gasteiger partial charge in [0.05, 0.1) is 57.5 Å². The number of hydrogen-bond acceptors (Lipinski definition) is 42. The third-order valence-electron chi connectivity index (χ3n) is 19.4. The van der Waals surface area contributed by atoms with E-state index in [4.69, 9.17) is 80.5 Å². The second-order valence-electron chi connectivity index (χ2n) is 26.6. The molecular formula is C58H98N2O42. The number of amides is 2. The number of nitrogens with one attached hydrogen (secondary N) is 2. The Morgan fingerprint density at radius 2 is 0.529 bits per heavy atom. The first-order chi connectivity index (χ1) is 48.1. The Labute approximate surface area is 579 Å². The van der Waals surface area contributed by atoms with Gasteiger partial charge in [-0.2, -0.15) is 0 Å². The van der Waals surface area contributed by atoms with E-state index in [9.17, 15) is 127 Å². The molecule has 9 fully saturated rings. The predicted octanol–water partition coefficient (Wildman–Crippen LogP) is -16.2. The molecule has 9 aliphatic rings. The molecule has 592 valence electrons. The molecular weight excluding hydrogens is 1400 g/mol. The minimum atomic E-state index is -2.41.